The number of carbonyl (C=O) groups excluding carboxylic acids is 1. The highest BCUT2D eigenvalue weighted by atomic mass is 16.3. The molecule has 1 aliphatic heterocycles. The van der Waals surface area contributed by atoms with Crippen LogP contribution in [0.1, 0.15) is 17.8 Å². The highest BCUT2D eigenvalue weighted by molar-refractivity contribution is 5.90. The van der Waals surface area contributed by atoms with Crippen molar-refractivity contribution in [3.05, 3.63) is 42.0 Å². The average Bonchev–Trinajstić information content (AvgIpc) is 3.18. The molecule has 0 aromatic carbocycles. The zero-order valence-electron chi connectivity index (χ0n) is 15.0. The van der Waals surface area contributed by atoms with E-state index in [1.54, 1.807) is 19.3 Å². The van der Waals surface area contributed by atoms with Gasteiger partial charge in [-0.1, -0.05) is 5.92 Å². The number of likely N-dealkylation sites (N-methyl/N-ethyl adjacent to an activating group) is 1. The van der Waals surface area contributed by atoms with Crippen LogP contribution in [-0.4, -0.2) is 54.6 Å². The number of aliphatic hydroxyl groups is 1. The first-order chi connectivity index (χ1) is 12.9. The Morgan fingerprint density at radius 2 is 2.15 bits per heavy atom. The van der Waals surface area contributed by atoms with E-state index in [2.05, 4.69) is 26.8 Å². The van der Waals surface area contributed by atoms with E-state index >= 15 is 0 Å². The van der Waals surface area contributed by atoms with Crippen molar-refractivity contribution in [1.29, 1.82) is 0 Å². The lowest BCUT2D eigenvalue weighted by Crippen LogP contribution is -2.37. The minimum absolute atomic E-state index is 0.208. The molecule has 0 saturated carbocycles. The Labute approximate surface area is 155 Å². The maximum absolute atomic E-state index is 12.0. The number of nitrogens with two attached hydrogens (primary N) is 1. The minimum Gasteiger partial charge on any atom is -0.369 e. The molecule has 136 valence electrons. The van der Waals surface area contributed by atoms with Crippen molar-refractivity contribution in [2.75, 3.05) is 19.3 Å². The molecule has 3 aromatic rings. The van der Waals surface area contributed by atoms with Crippen LogP contribution in [0.5, 0.6) is 0 Å². The third-order valence-corrected chi connectivity index (χ3v) is 4.68. The number of fused-ring (bicyclic) bond motifs is 1. The lowest BCUT2D eigenvalue weighted by atomic mass is 10.0. The Morgan fingerprint density at radius 3 is 2.89 bits per heavy atom. The normalized spacial score (nSPS) is 19.4. The highest BCUT2D eigenvalue weighted by Crippen LogP contribution is 2.23. The van der Waals surface area contributed by atoms with Crippen molar-refractivity contribution in [3.63, 3.8) is 0 Å². The third kappa shape index (κ3) is 2.88. The molecule has 1 unspecified atom stereocenters. The second-order valence-electron chi connectivity index (χ2n) is 6.58. The summed E-state index contributed by atoms with van der Waals surface area (Å²) in [6, 6.07) is 5.51. The van der Waals surface area contributed by atoms with Crippen molar-refractivity contribution in [2.45, 2.75) is 18.9 Å². The number of nitrogen functional groups attached to an aromatic ring is 1. The van der Waals surface area contributed by atoms with E-state index in [0.717, 1.165) is 16.8 Å². The van der Waals surface area contributed by atoms with Gasteiger partial charge < -0.3 is 20.3 Å². The fourth-order valence-electron chi connectivity index (χ4n) is 3.17. The van der Waals surface area contributed by atoms with E-state index in [1.807, 2.05) is 29.8 Å². The second-order valence-corrected chi connectivity index (χ2v) is 6.58. The van der Waals surface area contributed by atoms with Gasteiger partial charge in [0.25, 0.3) is 5.91 Å². The van der Waals surface area contributed by atoms with Gasteiger partial charge >= 0.3 is 0 Å². The Morgan fingerprint density at radius 1 is 1.33 bits per heavy atom. The molecule has 8 nitrogen and oxygen atoms in total. The first-order valence-corrected chi connectivity index (χ1v) is 8.46. The third-order valence-electron chi connectivity index (χ3n) is 4.68. The molecule has 0 bridgehead atoms. The van der Waals surface area contributed by atoms with Gasteiger partial charge in [-0.15, -0.1) is 0 Å². The van der Waals surface area contributed by atoms with Gasteiger partial charge in [0.1, 0.15) is 11.3 Å². The standard InChI is InChI=1S/C19H18N6O2/c1-12-15-5-9-25(16(15)23-18(20)22-12)14-4-8-21-13(11-14)3-6-19(27)7-10-24(2)17(19)26/h4-5,8-9,11,27H,7,10H2,1-2H3,(H2,20,22,23). The molecule has 1 amide bonds. The van der Waals surface area contributed by atoms with Gasteiger partial charge in [-0.3, -0.25) is 4.79 Å². The molecule has 1 saturated heterocycles. The molecule has 4 rings (SSSR count). The van der Waals surface area contributed by atoms with E-state index in [0.29, 0.717) is 17.9 Å². The minimum atomic E-state index is -1.65. The fraction of sp³-hybridized carbons (Fsp3) is 0.263. The highest BCUT2D eigenvalue weighted by Gasteiger charge is 2.42. The quantitative estimate of drug-likeness (QED) is 0.615. The summed E-state index contributed by atoms with van der Waals surface area (Å²) >= 11 is 0. The van der Waals surface area contributed by atoms with E-state index < -0.39 is 5.60 Å². The van der Waals surface area contributed by atoms with Crippen LogP contribution in [0, 0.1) is 18.8 Å². The summed E-state index contributed by atoms with van der Waals surface area (Å²) in [5, 5.41) is 11.3. The van der Waals surface area contributed by atoms with Crippen molar-refractivity contribution in [3.8, 4) is 17.5 Å². The van der Waals surface area contributed by atoms with Gasteiger partial charge in [0.2, 0.25) is 11.5 Å². The molecule has 1 fully saturated rings. The fourth-order valence-corrected chi connectivity index (χ4v) is 3.17. The molecular weight excluding hydrogens is 344 g/mol. The number of hydrogen-bond donors (Lipinski definition) is 2. The summed E-state index contributed by atoms with van der Waals surface area (Å²) in [6.45, 7) is 2.36. The summed E-state index contributed by atoms with van der Waals surface area (Å²) in [7, 11) is 1.65. The number of nitrogens with zero attached hydrogens (tertiary/aromatic N) is 5. The molecule has 0 radical (unpaired) electrons. The van der Waals surface area contributed by atoms with Crippen molar-refractivity contribution < 1.29 is 9.90 Å². The van der Waals surface area contributed by atoms with Gasteiger partial charge in [0.15, 0.2) is 0 Å². The lowest BCUT2D eigenvalue weighted by Gasteiger charge is -2.13. The van der Waals surface area contributed by atoms with Crippen molar-refractivity contribution in [1.82, 2.24) is 24.4 Å². The Bertz CT molecular complexity index is 1130. The topological polar surface area (TPSA) is 110 Å². The molecule has 27 heavy (non-hydrogen) atoms. The monoisotopic (exact) mass is 362 g/mol. The first-order valence-electron chi connectivity index (χ1n) is 8.46. The summed E-state index contributed by atoms with van der Waals surface area (Å²) in [5.41, 5.74) is 6.87. The molecular formula is C19H18N6O2. The summed E-state index contributed by atoms with van der Waals surface area (Å²) in [6.07, 6.45) is 3.78. The molecule has 1 atom stereocenters. The van der Waals surface area contributed by atoms with Crippen LogP contribution >= 0.6 is 0 Å². The van der Waals surface area contributed by atoms with Crippen LogP contribution in [-0.2, 0) is 4.79 Å². The van der Waals surface area contributed by atoms with Gasteiger partial charge in [0.05, 0.1) is 11.4 Å². The van der Waals surface area contributed by atoms with E-state index in [-0.39, 0.29) is 18.3 Å². The van der Waals surface area contributed by atoms with E-state index in [1.165, 1.54) is 4.90 Å². The summed E-state index contributed by atoms with van der Waals surface area (Å²) < 4.78 is 1.87. The predicted octanol–water partition coefficient (Wildman–Crippen LogP) is 0.651. The summed E-state index contributed by atoms with van der Waals surface area (Å²) in [5.74, 6) is 5.33. The number of aryl methyl sites for hydroxylation is 1. The van der Waals surface area contributed by atoms with Crippen molar-refractivity contribution >= 4 is 22.9 Å². The van der Waals surface area contributed by atoms with Crippen LogP contribution in [0.4, 0.5) is 5.95 Å². The van der Waals surface area contributed by atoms with Gasteiger partial charge in [0, 0.05) is 37.8 Å². The molecule has 8 heteroatoms. The number of amides is 1. The van der Waals surface area contributed by atoms with Gasteiger partial charge in [-0.2, -0.15) is 4.98 Å². The molecule has 3 aromatic heterocycles. The number of hydrogen-bond acceptors (Lipinski definition) is 6. The van der Waals surface area contributed by atoms with Crippen LogP contribution in [0.15, 0.2) is 30.6 Å². The SMILES string of the molecule is Cc1nc(N)nc2c1ccn2-c1ccnc(C#CC2(O)CCN(C)C2=O)c1. The van der Waals surface area contributed by atoms with Crippen molar-refractivity contribution in [2.24, 2.45) is 0 Å². The van der Waals surface area contributed by atoms with Crippen LogP contribution in [0.25, 0.3) is 16.7 Å². The first kappa shape index (κ1) is 17.0. The number of anilines is 1. The van der Waals surface area contributed by atoms with E-state index in [9.17, 15) is 9.90 Å². The van der Waals surface area contributed by atoms with Crippen LogP contribution in [0.2, 0.25) is 0 Å². The van der Waals surface area contributed by atoms with E-state index in [4.69, 9.17) is 5.73 Å². The Hall–Kier alpha value is -3.44. The summed E-state index contributed by atoms with van der Waals surface area (Å²) in [4.78, 5) is 26.2. The zero-order valence-corrected chi connectivity index (χ0v) is 15.0. The smallest absolute Gasteiger partial charge is 0.267 e. The maximum atomic E-state index is 12.0. The van der Waals surface area contributed by atoms with Gasteiger partial charge in [-0.05, 0) is 31.0 Å². The second kappa shape index (κ2) is 6.07. The Balaban J connectivity index is 1.73. The van der Waals surface area contributed by atoms with Crippen LogP contribution < -0.4 is 5.73 Å². The average molecular weight is 362 g/mol. The number of aromatic nitrogens is 4. The number of pyridine rings is 1. The zero-order chi connectivity index (χ0) is 19.2. The maximum Gasteiger partial charge on any atom is 0.267 e. The predicted molar refractivity (Wildman–Crippen MR) is 99.9 cm³/mol. The molecule has 3 N–H and O–H groups in total. The van der Waals surface area contributed by atoms with Crippen LogP contribution in [0.3, 0.4) is 0 Å². The Kier molecular flexibility index (Phi) is 3.82. The molecule has 0 aliphatic carbocycles. The number of carbonyl (C=O) groups is 1. The van der Waals surface area contributed by atoms with Gasteiger partial charge in [-0.25, -0.2) is 9.97 Å². The molecule has 1 aliphatic rings. The molecule has 4 heterocycles. The molecule has 0 spiro atoms. The lowest BCUT2D eigenvalue weighted by molar-refractivity contribution is -0.137. The largest absolute Gasteiger partial charge is 0.369 e. The number of likely N-dealkylation sites (tertiary alicyclic amines) is 1. The number of rotatable bonds is 1.